The Morgan fingerprint density at radius 3 is 2.30 bits per heavy atom. The van der Waals surface area contributed by atoms with E-state index >= 15 is 0 Å². The molecule has 2 aromatic carbocycles. The Labute approximate surface area is 135 Å². The van der Waals surface area contributed by atoms with Gasteiger partial charge in [0.15, 0.2) is 5.84 Å². The predicted octanol–water partition coefficient (Wildman–Crippen LogP) is 3.96. The number of aliphatic imine (C=N–C) groups is 1. The van der Waals surface area contributed by atoms with Gasteiger partial charge in [0.2, 0.25) is 5.78 Å². The molecule has 4 nitrogen and oxygen atoms in total. The van der Waals surface area contributed by atoms with E-state index in [1.54, 1.807) is 29.2 Å². The van der Waals surface area contributed by atoms with Gasteiger partial charge in [-0.1, -0.05) is 48.0 Å². The van der Waals surface area contributed by atoms with Crippen molar-refractivity contribution in [2.75, 3.05) is 0 Å². The van der Waals surface area contributed by atoms with Crippen molar-refractivity contribution >= 4 is 17.3 Å². The maximum absolute atomic E-state index is 12.8. The largest absolute Gasteiger partial charge is 0.287 e. The standard InChI is InChI=1S/C19H17N3O/c1-14-8-10-17(11-9-14)21-19(22-12-15(2)20-13-22)18(23)16-6-4-3-5-7-16/h3-13H,1-2H3. The molecule has 0 saturated heterocycles. The average molecular weight is 303 g/mol. The molecule has 23 heavy (non-hydrogen) atoms. The summed E-state index contributed by atoms with van der Waals surface area (Å²) in [6, 6.07) is 16.9. The Morgan fingerprint density at radius 2 is 1.70 bits per heavy atom. The van der Waals surface area contributed by atoms with Gasteiger partial charge >= 0.3 is 0 Å². The van der Waals surface area contributed by atoms with Crippen LogP contribution in [-0.4, -0.2) is 21.2 Å². The summed E-state index contributed by atoms with van der Waals surface area (Å²) in [6.07, 6.45) is 3.41. The highest BCUT2D eigenvalue weighted by atomic mass is 16.1. The summed E-state index contributed by atoms with van der Waals surface area (Å²) < 4.78 is 1.67. The maximum Gasteiger partial charge on any atom is 0.228 e. The summed E-state index contributed by atoms with van der Waals surface area (Å²) >= 11 is 0. The van der Waals surface area contributed by atoms with Crippen LogP contribution in [0.5, 0.6) is 0 Å². The van der Waals surface area contributed by atoms with Crippen LogP contribution in [0.15, 0.2) is 72.1 Å². The predicted molar refractivity (Wildman–Crippen MR) is 91.4 cm³/mol. The van der Waals surface area contributed by atoms with E-state index in [1.807, 2.05) is 56.3 Å². The minimum Gasteiger partial charge on any atom is -0.287 e. The molecule has 0 N–H and O–H groups in total. The Balaban J connectivity index is 2.07. The monoisotopic (exact) mass is 303 g/mol. The molecule has 0 amide bonds. The first kappa shape index (κ1) is 14.9. The first-order chi connectivity index (χ1) is 11.1. The Bertz CT molecular complexity index is 846. The molecular weight excluding hydrogens is 286 g/mol. The van der Waals surface area contributed by atoms with E-state index in [-0.39, 0.29) is 5.78 Å². The van der Waals surface area contributed by atoms with Crippen LogP contribution in [0, 0.1) is 13.8 Å². The number of benzene rings is 2. The van der Waals surface area contributed by atoms with Gasteiger partial charge in [0.05, 0.1) is 11.4 Å². The molecule has 4 heteroatoms. The number of aryl methyl sites for hydroxylation is 2. The van der Waals surface area contributed by atoms with Crippen molar-refractivity contribution in [3.63, 3.8) is 0 Å². The summed E-state index contributed by atoms with van der Waals surface area (Å²) in [5.74, 6) is 0.198. The zero-order valence-corrected chi connectivity index (χ0v) is 13.1. The number of nitrogens with zero attached hydrogens (tertiary/aromatic N) is 3. The van der Waals surface area contributed by atoms with Gasteiger partial charge in [-0.25, -0.2) is 9.98 Å². The first-order valence-electron chi connectivity index (χ1n) is 7.39. The second-order valence-corrected chi connectivity index (χ2v) is 5.39. The lowest BCUT2D eigenvalue weighted by Gasteiger charge is -2.07. The van der Waals surface area contributed by atoms with Gasteiger partial charge in [-0.15, -0.1) is 0 Å². The van der Waals surface area contributed by atoms with Crippen molar-refractivity contribution in [2.24, 2.45) is 4.99 Å². The van der Waals surface area contributed by atoms with Crippen LogP contribution in [0.4, 0.5) is 5.69 Å². The molecule has 0 unspecified atom stereocenters. The quantitative estimate of drug-likeness (QED) is 0.418. The highest BCUT2D eigenvalue weighted by Crippen LogP contribution is 2.15. The number of ketones is 1. The molecule has 0 bridgehead atoms. The lowest BCUT2D eigenvalue weighted by molar-refractivity contribution is 0.106. The fraction of sp³-hybridized carbons (Fsp3) is 0.105. The Hall–Kier alpha value is -3.01. The lowest BCUT2D eigenvalue weighted by Crippen LogP contribution is -2.21. The van der Waals surface area contributed by atoms with Crippen molar-refractivity contribution in [2.45, 2.75) is 13.8 Å². The van der Waals surface area contributed by atoms with Crippen LogP contribution in [-0.2, 0) is 0 Å². The van der Waals surface area contributed by atoms with E-state index in [0.29, 0.717) is 11.4 Å². The smallest absolute Gasteiger partial charge is 0.228 e. The van der Waals surface area contributed by atoms with Crippen LogP contribution < -0.4 is 0 Å². The highest BCUT2D eigenvalue weighted by Gasteiger charge is 2.16. The molecular formula is C19H17N3O. The maximum atomic E-state index is 12.8. The van der Waals surface area contributed by atoms with Crippen molar-refractivity contribution < 1.29 is 4.79 Å². The summed E-state index contributed by atoms with van der Waals surface area (Å²) in [5, 5.41) is 0. The van der Waals surface area contributed by atoms with Crippen molar-refractivity contribution in [1.29, 1.82) is 0 Å². The Morgan fingerprint density at radius 1 is 1.00 bits per heavy atom. The summed E-state index contributed by atoms with van der Waals surface area (Å²) in [7, 11) is 0. The third kappa shape index (κ3) is 3.43. The fourth-order valence-electron chi connectivity index (χ4n) is 2.22. The topological polar surface area (TPSA) is 47.2 Å². The normalized spacial score (nSPS) is 11.5. The number of carbonyl (C=O) groups excluding carboxylic acids is 1. The number of rotatable bonds is 3. The highest BCUT2D eigenvalue weighted by molar-refractivity contribution is 6.46. The molecule has 0 aliphatic rings. The van der Waals surface area contributed by atoms with Gasteiger partial charge < -0.3 is 0 Å². The van der Waals surface area contributed by atoms with Crippen LogP contribution in [0.2, 0.25) is 0 Å². The molecule has 3 aromatic rings. The molecule has 114 valence electrons. The molecule has 0 fully saturated rings. The van der Waals surface area contributed by atoms with Gasteiger partial charge in [0.1, 0.15) is 6.33 Å². The molecule has 3 rings (SSSR count). The molecule has 1 aromatic heterocycles. The van der Waals surface area contributed by atoms with E-state index in [4.69, 9.17) is 0 Å². The molecule has 0 spiro atoms. The average Bonchev–Trinajstić information content (AvgIpc) is 3.01. The number of aromatic nitrogens is 2. The molecule has 0 saturated carbocycles. The second kappa shape index (κ2) is 6.40. The number of Topliss-reactive ketones (excluding diaryl/α,β-unsaturated/α-hetero) is 1. The van der Waals surface area contributed by atoms with Gasteiger partial charge in [0.25, 0.3) is 0 Å². The number of carbonyl (C=O) groups is 1. The van der Waals surface area contributed by atoms with Crippen LogP contribution in [0.1, 0.15) is 21.6 Å². The van der Waals surface area contributed by atoms with E-state index in [0.717, 1.165) is 16.9 Å². The summed E-state index contributed by atoms with van der Waals surface area (Å²) in [4.78, 5) is 21.6. The van der Waals surface area contributed by atoms with Gasteiger partial charge in [0, 0.05) is 11.8 Å². The molecule has 0 radical (unpaired) electrons. The van der Waals surface area contributed by atoms with Gasteiger partial charge in [-0.2, -0.15) is 0 Å². The number of imidazole rings is 1. The zero-order chi connectivity index (χ0) is 16.2. The van der Waals surface area contributed by atoms with Gasteiger partial charge in [-0.05, 0) is 26.0 Å². The molecule has 0 atom stereocenters. The SMILES string of the molecule is Cc1ccc(N=C(C(=O)c2ccccc2)n2cnc(C)c2)cc1. The molecule has 0 aliphatic carbocycles. The first-order valence-corrected chi connectivity index (χ1v) is 7.39. The van der Waals surface area contributed by atoms with Crippen LogP contribution >= 0.6 is 0 Å². The zero-order valence-electron chi connectivity index (χ0n) is 13.1. The van der Waals surface area contributed by atoms with Crippen molar-refractivity contribution in [1.82, 2.24) is 9.55 Å². The van der Waals surface area contributed by atoms with Crippen LogP contribution in [0.3, 0.4) is 0 Å². The number of hydrogen-bond donors (Lipinski definition) is 0. The third-order valence-electron chi connectivity index (χ3n) is 3.46. The summed E-state index contributed by atoms with van der Waals surface area (Å²) in [6.45, 7) is 3.90. The number of hydrogen-bond acceptors (Lipinski definition) is 3. The third-order valence-corrected chi connectivity index (χ3v) is 3.46. The van der Waals surface area contributed by atoms with E-state index < -0.39 is 0 Å². The minimum atomic E-state index is -0.136. The lowest BCUT2D eigenvalue weighted by atomic mass is 10.1. The van der Waals surface area contributed by atoms with E-state index in [2.05, 4.69) is 9.98 Å². The summed E-state index contributed by atoms with van der Waals surface area (Å²) in [5.41, 5.74) is 3.33. The Kier molecular flexibility index (Phi) is 4.15. The van der Waals surface area contributed by atoms with Gasteiger partial charge in [-0.3, -0.25) is 9.36 Å². The molecule has 0 aliphatic heterocycles. The van der Waals surface area contributed by atoms with Crippen molar-refractivity contribution in [3.05, 3.63) is 83.9 Å². The van der Waals surface area contributed by atoms with E-state index in [9.17, 15) is 4.79 Å². The van der Waals surface area contributed by atoms with E-state index in [1.165, 1.54) is 0 Å². The fourth-order valence-corrected chi connectivity index (χ4v) is 2.22. The van der Waals surface area contributed by atoms with Crippen molar-refractivity contribution in [3.8, 4) is 0 Å². The second-order valence-electron chi connectivity index (χ2n) is 5.39. The van der Waals surface area contributed by atoms with Crippen LogP contribution in [0.25, 0.3) is 0 Å². The minimum absolute atomic E-state index is 0.136. The molecule has 1 heterocycles.